The van der Waals surface area contributed by atoms with Crippen LogP contribution in [0.5, 0.6) is 0 Å². The van der Waals surface area contributed by atoms with E-state index in [1.54, 1.807) is 0 Å². The largest absolute Gasteiger partial charge is 0.382 e. The van der Waals surface area contributed by atoms with Crippen LogP contribution in [0.25, 0.3) is 0 Å². The molecule has 0 spiro atoms. The van der Waals surface area contributed by atoms with Gasteiger partial charge in [-0.2, -0.15) is 15.0 Å². The number of carbonyl (C=O) groups is 1. The second-order valence-corrected chi connectivity index (χ2v) is 4.56. The molecule has 0 aliphatic carbocycles. The zero-order valence-electron chi connectivity index (χ0n) is 10.5. The maximum atomic E-state index is 12.3. The lowest BCUT2D eigenvalue weighted by atomic mass is 9.96. The van der Waals surface area contributed by atoms with Gasteiger partial charge in [0.1, 0.15) is 17.5 Å². The smallest absolute Gasteiger partial charge is 0.251 e. The van der Waals surface area contributed by atoms with Gasteiger partial charge in [0.2, 0.25) is 0 Å². The van der Waals surface area contributed by atoms with Crippen molar-refractivity contribution in [2.24, 2.45) is 5.92 Å². The number of piperidine rings is 1. The van der Waals surface area contributed by atoms with Gasteiger partial charge in [-0.25, -0.2) is 0 Å². The summed E-state index contributed by atoms with van der Waals surface area (Å²) < 4.78 is 1.14. The quantitative estimate of drug-likeness (QED) is 0.771. The second-order valence-electron chi connectivity index (χ2n) is 4.56. The first-order chi connectivity index (χ1) is 9.17. The van der Waals surface area contributed by atoms with E-state index < -0.39 is 0 Å². The lowest BCUT2D eigenvalue weighted by Crippen LogP contribution is -2.38. The van der Waals surface area contributed by atoms with Crippen LogP contribution in [0.15, 0.2) is 6.20 Å². The summed E-state index contributed by atoms with van der Waals surface area (Å²) in [6.07, 6.45) is 8.06. The van der Waals surface area contributed by atoms with Crippen molar-refractivity contribution >= 4 is 11.7 Å². The molecule has 1 aliphatic heterocycles. The molecule has 2 N–H and O–H groups in total. The highest BCUT2D eigenvalue weighted by Crippen LogP contribution is 2.21. The van der Waals surface area contributed by atoms with E-state index in [4.69, 9.17) is 17.4 Å². The fourth-order valence-electron chi connectivity index (χ4n) is 2.26. The van der Waals surface area contributed by atoms with E-state index in [1.165, 1.54) is 6.20 Å². The molecule has 6 heteroatoms. The molecule has 0 unspecified atom stereocenters. The molecule has 0 saturated carbocycles. The van der Waals surface area contributed by atoms with Crippen LogP contribution in [0.1, 0.15) is 23.2 Å². The minimum atomic E-state index is -0.139. The molecule has 98 valence electrons. The fourth-order valence-corrected chi connectivity index (χ4v) is 2.26. The van der Waals surface area contributed by atoms with Gasteiger partial charge in [-0.05, 0) is 25.9 Å². The standard InChI is InChI=1S/C13H15N5O/c1-2-5-17-6-3-10(4-7-17)13(19)18-12(15)11(8-14)9-16-18/h1,9-10H,3-7,15H2. The van der Waals surface area contributed by atoms with Gasteiger partial charge in [0, 0.05) is 5.92 Å². The number of nitriles is 1. The van der Waals surface area contributed by atoms with Gasteiger partial charge in [0.25, 0.3) is 5.91 Å². The minimum Gasteiger partial charge on any atom is -0.382 e. The first-order valence-corrected chi connectivity index (χ1v) is 6.11. The monoisotopic (exact) mass is 257 g/mol. The molecule has 0 aromatic carbocycles. The molecule has 2 heterocycles. The molecule has 6 nitrogen and oxygen atoms in total. The number of terminal acetylenes is 1. The van der Waals surface area contributed by atoms with E-state index in [-0.39, 0.29) is 23.2 Å². The average molecular weight is 257 g/mol. The zero-order valence-corrected chi connectivity index (χ0v) is 10.5. The molecule has 1 aliphatic rings. The summed E-state index contributed by atoms with van der Waals surface area (Å²) in [5.41, 5.74) is 5.95. The predicted octanol–water partition coefficient (Wildman–Crippen LogP) is 0.322. The highest BCUT2D eigenvalue weighted by molar-refractivity contribution is 5.84. The van der Waals surface area contributed by atoms with Gasteiger partial charge < -0.3 is 5.73 Å². The Hall–Kier alpha value is -2.31. The molecular weight excluding hydrogens is 242 g/mol. The van der Waals surface area contributed by atoms with E-state index in [2.05, 4.69) is 15.9 Å². The molecule has 2 rings (SSSR count). The molecule has 1 aromatic rings. The molecule has 1 saturated heterocycles. The molecule has 0 radical (unpaired) electrons. The fraction of sp³-hybridized carbons (Fsp3) is 0.462. The molecule has 1 fully saturated rings. The highest BCUT2D eigenvalue weighted by atomic mass is 16.2. The number of aromatic nitrogens is 2. The van der Waals surface area contributed by atoms with Crippen molar-refractivity contribution in [1.29, 1.82) is 5.26 Å². The summed E-state index contributed by atoms with van der Waals surface area (Å²) in [5.74, 6) is 2.48. The first kappa shape index (κ1) is 13.1. The second kappa shape index (κ2) is 5.55. The number of rotatable bonds is 2. The highest BCUT2D eigenvalue weighted by Gasteiger charge is 2.27. The summed E-state index contributed by atoms with van der Waals surface area (Å²) >= 11 is 0. The van der Waals surface area contributed by atoms with Crippen LogP contribution in [-0.4, -0.2) is 40.2 Å². The molecular formula is C13H15N5O. The Labute approximate surface area is 111 Å². The van der Waals surface area contributed by atoms with Crippen LogP contribution in [0.2, 0.25) is 0 Å². The number of nitrogen functional groups attached to an aromatic ring is 1. The van der Waals surface area contributed by atoms with Crippen LogP contribution in [0, 0.1) is 29.6 Å². The molecule has 19 heavy (non-hydrogen) atoms. The number of nitrogens with zero attached hydrogens (tertiary/aromatic N) is 4. The maximum Gasteiger partial charge on any atom is 0.251 e. The van der Waals surface area contributed by atoms with Gasteiger partial charge in [0.15, 0.2) is 0 Å². The number of nitrogens with two attached hydrogens (primary N) is 1. The molecule has 0 bridgehead atoms. The Balaban J connectivity index is 2.04. The van der Waals surface area contributed by atoms with Crippen LogP contribution in [0.4, 0.5) is 5.82 Å². The third kappa shape index (κ3) is 2.59. The van der Waals surface area contributed by atoms with Crippen molar-refractivity contribution in [2.45, 2.75) is 12.8 Å². The van der Waals surface area contributed by atoms with Crippen molar-refractivity contribution in [3.63, 3.8) is 0 Å². The van der Waals surface area contributed by atoms with Crippen LogP contribution >= 0.6 is 0 Å². The van der Waals surface area contributed by atoms with Crippen molar-refractivity contribution < 1.29 is 4.79 Å². The summed E-state index contributed by atoms with van der Waals surface area (Å²) in [7, 11) is 0. The Morgan fingerprint density at radius 3 is 2.79 bits per heavy atom. The molecule has 0 atom stereocenters. The van der Waals surface area contributed by atoms with Gasteiger partial charge in [-0.1, -0.05) is 5.92 Å². The Kier molecular flexibility index (Phi) is 3.84. The van der Waals surface area contributed by atoms with Crippen molar-refractivity contribution in [3.05, 3.63) is 11.8 Å². The first-order valence-electron chi connectivity index (χ1n) is 6.11. The Bertz CT molecular complexity index is 555. The number of hydrogen-bond donors (Lipinski definition) is 1. The van der Waals surface area contributed by atoms with Gasteiger partial charge in [0.05, 0.1) is 12.7 Å². The normalized spacial score (nSPS) is 16.7. The SMILES string of the molecule is C#CCN1CCC(C(=O)n2ncc(C#N)c2N)CC1. The number of likely N-dealkylation sites (tertiary alicyclic amines) is 1. The van der Waals surface area contributed by atoms with E-state index in [1.807, 2.05) is 6.07 Å². The minimum absolute atomic E-state index is 0.109. The van der Waals surface area contributed by atoms with Gasteiger partial charge in [-0.15, -0.1) is 6.42 Å². The van der Waals surface area contributed by atoms with E-state index >= 15 is 0 Å². The predicted molar refractivity (Wildman–Crippen MR) is 70.0 cm³/mol. The van der Waals surface area contributed by atoms with Crippen molar-refractivity contribution in [3.8, 4) is 18.4 Å². The van der Waals surface area contributed by atoms with Crippen LogP contribution in [-0.2, 0) is 0 Å². The summed E-state index contributed by atoms with van der Waals surface area (Å²) in [6.45, 7) is 2.21. The Morgan fingerprint density at radius 2 is 2.26 bits per heavy atom. The average Bonchev–Trinajstić information content (AvgIpc) is 2.80. The van der Waals surface area contributed by atoms with Crippen molar-refractivity contribution in [1.82, 2.24) is 14.7 Å². The lowest BCUT2D eigenvalue weighted by molar-refractivity contribution is 0.0748. The summed E-state index contributed by atoms with van der Waals surface area (Å²) in [4.78, 5) is 14.4. The van der Waals surface area contributed by atoms with Crippen LogP contribution in [0.3, 0.4) is 0 Å². The maximum absolute atomic E-state index is 12.3. The topological polar surface area (TPSA) is 87.9 Å². The van der Waals surface area contributed by atoms with E-state index in [0.29, 0.717) is 6.54 Å². The third-order valence-electron chi connectivity index (χ3n) is 3.39. The molecule has 0 amide bonds. The third-order valence-corrected chi connectivity index (χ3v) is 3.39. The number of anilines is 1. The zero-order chi connectivity index (χ0) is 13.8. The summed E-state index contributed by atoms with van der Waals surface area (Å²) in [6, 6.07) is 1.91. The summed E-state index contributed by atoms with van der Waals surface area (Å²) in [5, 5.41) is 12.7. The van der Waals surface area contributed by atoms with Crippen molar-refractivity contribution in [2.75, 3.05) is 25.4 Å². The lowest BCUT2D eigenvalue weighted by Gasteiger charge is -2.29. The van der Waals surface area contributed by atoms with Gasteiger partial charge in [-0.3, -0.25) is 9.69 Å². The van der Waals surface area contributed by atoms with E-state index in [0.717, 1.165) is 30.6 Å². The molecule has 1 aromatic heterocycles. The van der Waals surface area contributed by atoms with Crippen LogP contribution < -0.4 is 5.73 Å². The number of carbonyl (C=O) groups excluding carboxylic acids is 1. The number of hydrogen-bond acceptors (Lipinski definition) is 5. The van der Waals surface area contributed by atoms with E-state index in [9.17, 15) is 4.79 Å². The van der Waals surface area contributed by atoms with Gasteiger partial charge >= 0.3 is 0 Å². The Morgan fingerprint density at radius 1 is 1.58 bits per heavy atom.